The number of methoxy groups -OCH3 is 1. The molecule has 0 aliphatic carbocycles. The Bertz CT molecular complexity index is 329. The molecule has 0 aromatic heterocycles. The van der Waals surface area contributed by atoms with Crippen molar-refractivity contribution in [1.29, 1.82) is 0 Å². The SMILES string of the molecule is COc1ccc(COCC(=O)[C@@H](C)O)cc1. The summed E-state index contributed by atoms with van der Waals surface area (Å²) in [5, 5.41) is 8.94. The normalized spacial score (nSPS) is 12.2. The Labute approximate surface area is 94.8 Å². The zero-order valence-corrected chi connectivity index (χ0v) is 9.47. The topological polar surface area (TPSA) is 55.8 Å². The van der Waals surface area contributed by atoms with Crippen LogP contribution in [0.1, 0.15) is 12.5 Å². The Hall–Kier alpha value is -1.39. The number of carbonyl (C=O) groups is 1. The van der Waals surface area contributed by atoms with Crippen molar-refractivity contribution in [3.63, 3.8) is 0 Å². The van der Waals surface area contributed by atoms with Crippen molar-refractivity contribution in [3.8, 4) is 5.75 Å². The third-order valence-electron chi connectivity index (χ3n) is 2.14. The minimum Gasteiger partial charge on any atom is -0.497 e. The number of rotatable bonds is 6. The first kappa shape index (κ1) is 12.7. The molecule has 0 aliphatic heterocycles. The van der Waals surface area contributed by atoms with E-state index < -0.39 is 6.10 Å². The van der Waals surface area contributed by atoms with E-state index in [1.54, 1.807) is 7.11 Å². The number of carbonyl (C=O) groups excluding carboxylic acids is 1. The summed E-state index contributed by atoms with van der Waals surface area (Å²) in [7, 11) is 1.60. The molecule has 0 heterocycles. The highest BCUT2D eigenvalue weighted by molar-refractivity contribution is 5.83. The standard InChI is InChI=1S/C12H16O4/c1-9(13)12(14)8-16-7-10-3-5-11(15-2)6-4-10/h3-6,9,13H,7-8H2,1-2H3/t9-/m1/s1. The van der Waals surface area contributed by atoms with E-state index in [1.165, 1.54) is 6.92 Å². The van der Waals surface area contributed by atoms with Crippen molar-refractivity contribution in [2.45, 2.75) is 19.6 Å². The first-order chi connectivity index (χ1) is 7.63. The number of hydrogen-bond donors (Lipinski definition) is 1. The maximum atomic E-state index is 11.0. The quantitative estimate of drug-likeness (QED) is 0.787. The van der Waals surface area contributed by atoms with Gasteiger partial charge in [-0.1, -0.05) is 12.1 Å². The van der Waals surface area contributed by atoms with Gasteiger partial charge in [0.05, 0.1) is 13.7 Å². The fourth-order valence-corrected chi connectivity index (χ4v) is 1.11. The fraction of sp³-hybridized carbons (Fsp3) is 0.417. The highest BCUT2D eigenvalue weighted by Gasteiger charge is 2.08. The summed E-state index contributed by atoms with van der Waals surface area (Å²) in [6.45, 7) is 1.71. The molecular weight excluding hydrogens is 208 g/mol. The number of aliphatic hydroxyl groups excluding tert-OH is 1. The van der Waals surface area contributed by atoms with Crippen molar-refractivity contribution < 1.29 is 19.4 Å². The zero-order valence-electron chi connectivity index (χ0n) is 9.47. The van der Waals surface area contributed by atoms with Crippen molar-refractivity contribution in [2.75, 3.05) is 13.7 Å². The molecule has 88 valence electrons. The molecule has 4 nitrogen and oxygen atoms in total. The third kappa shape index (κ3) is 4.00. The second-order valence-electron chi connectivity index (χ2n) is 3.48. The van der Waals surface area contributed by atoms with Crippen LogP contribution in [-0.2, 0) is 16.1 Å². The molecule has 4 heteroatoms. The lowest BCUT2D eigenvalue weighted by molar-refractivity contribution is -0.131. The van der Waals surface area contributed by atoms with Crippen LogP contribution >= 0.6 is 0 Å². The Morgan fingerprint density at radius 1 is 1.38 bits per heavy atom. The van der Waals surface area contributed by atoms with Crippen LogP contribution in [0.25, 0.3) is 0 Å². The van der Waals surface area contributed by atoms with E-state index in [2.05, 4.69) is 0 Å². The minimum atomic E-state index is -0.962. The van der Waals surface area contributed by atoms with Crippen LogP contribution in [-0.4, -0.2) is 30.7 Å². The van der Waals surface area contributed by atoms with Gasteiger partial charge >= 0.3 is 0 Å². The second kappa shape index (κ2) is 6.25. The molecule has 0 fully saturated rings. The number of Topliss-reactive ketones (excluding diaryl/α,β-unsaturated/α-hetero) is 1. The van der Waals surface area contributed by atoms with E-state index in [-0.39, 0.29) is 12.4 Å². The Morgan fingerprint density at radius 2 is 2.00 bits per heavy atom. The van der Waals surface area contributed by atoms with Gasteiger partial charge in [0, 0.05) is 0 Å². The summed E-state index contributed by atoms with van der Waals surface area (Å²) in [4.78, 5) is 11.0. The number of benzene rings is 1. The van der Waals surface area contributed by atoms with Gasteiger partial charge in [-0.15, -0.1) is 0 Å². The summed E-state index contributed by atoms with van der Waals surface area (Å²) in [6, 6.07) is 7.39. The summed E-state index contributed by atoms with van der Waals surface area (Å²) in [6.07, 6.45) is -0.962. The van der Waals surface area contributed by atoms with Crippen molar-refractivity contribution in [3.05, 3.63) is 29.8 Å². The van der Waals surface area contributed by atoms with Crippen molar-refractivity contribution >= 4 is 5.78 Å². The van der Waals surface area contributed by atoms with E-state index in [9.17, 15) is 4.79 Å². The summed E-state index contributed by atoms with van der Waals surface area (Å²) < 4.78 is 10.2. The summed E-state index contributed by atoms with van der Waals surface area (Å²) in [5.41, 5.74) is 0.958. The molecule has 0 bridgehead atoms. The minimum absolute atomic E-state index is 0.0658. The van der Waals surface area contributed by atoms with Crippen LogP contribution in [0, 0.1) is 0 Å². The highest BCUT2D eigenvalue weighted by atomic mass is 16.5. The number of hydrogen-bond acceptors (Lipinski definition) is 4. The first-order valence-electron chi connectivity index (χ1n) is 5.05. The summed E-state index contributed by atoms with van der Waals surface area (Å²) in [5.74, 6) is 0.470. The molecule has 1 aromatic rings. The molecule has 1 aromatic carbocycles. The van der Waals surface area contributed by atoms with Crippen LogP contribution < -0.4 is 4.74 Å². The van der Waals surface area contributed by atoms with Gasteiger partial charge in [0.2, 0.25) is 0 Å². The smallest absolute Gasteiger partial charge is 0.186 e. The van der Waals surface area contributed by atoms with Gasteiger partial charge in [-0.25, -0.2) is 0 Å². The Morgan fingerprint density at radius 3 is 2.50 bits per heavy atom. The molecular formula is C12H16O4. The number of ether oxygens (including phenoxy) is 2. The van der Waals surface area contributed by atoms with Gasteiger partial charge in [0.15, 0.2) is 5.78 Å². The van der Waals surface area contributed by atoms with Gasteiger partial charge in [0.1, 0.15) is 18.5 Å². The summed E-state index contributed by atoms with van der Waals surface area (Å²) >= 11 is 0. The largest absolute Gasteiger partial charge is 0.497 e. The molecule has 0 unspecified atom stereocenters. The molecule has 16 heavy (non-hydrogen) atoms. The predicted octanol–water partition coefficient (Wildman–Crippen LogP) is 1.16. The van der Waals surface area contributed by atoms with Crippen LogP contribution in [0.2, 0.25) is 0 Å². The number of aliphatic hydroxyl groups is 1. The molecule has 0 radical (unpaired) electrons. The van der Waals surface area contributed by atoms with E-state index in [4.69, 9.17) is 14.6 Å². The lowest BCUT2D eigenvalue weighted by Crippen LogP contribution is -2.21. The second-order valence-corrected chi connectivity index (χ2v) is 3.48. The zero-order chi connectivity index (χ0) is 12.0. The molecule has 0 saturated heterocycles. The van der Waals surface area contributed by atoms with E-state index in [0.717, 1.165) is 11.3 Å². The van der Waals surface area contributed by atoms with Crippen molar-refractivity contribution in [2.24, 2.45) is 0 Å². The van der Waals surface area contributed by atoms with E-state index in [0.29, 0.717) is 6.61 Å². The Kier molecular flexibility index (Phi) is 4.95. The molecule has 0 amide bonds. The molecule has 1 N–H and O–H groups in total. The average Bonchev–Trinajstić information content (AvgIpc) is 2.29. The van der Waals surface area contributed by atoms with Gasteiger partial charge < -0.3 is 14.6 Å². The molecule has 0 aliphatic rings. The van der Waals surface area contributed by atoms with Gasteiger partial charge in [-0.3, -0.25) is 4.79 Å². The van der Waals surface area contributed by atoms with Gasteiger partial charge in [-0.2, -0.15) is 0 Å². The molecule has 1 rings (SSSR count). The van der Waals surface area contributed by atoms with Crippen LogP contribution in [0.3, 0.4) is 0 Å². The highest BCUT2D eigenvalue weighted by Crippen LogP contribution is 2.11. The lowest BCUT2D eigenvalue weighted by Gasteiger charge is -2.06. The van der Waals surface area contributed by atoms with Gasteiger partial charge in [-0.05, 0) is 24.6 Å². The third-order valence-corrected chi connectivity index (χ3v) is 2.14. The first-order valence-corrected chi connectivity index (χ1v) is 5.05. The number of ketones is 1. The van der Waals surface area contributed by atoms with Gasteiger partial charge in [0.25, 0.3) is 0 Å². The molecule has 0 spiro atoms. The van der Waals surface area contributed by atoms with Crippen LogP contribution in [0.5, 0.6) is 5.75 Å². The lowest BCUT2D eigenvalue weighted by atomic mass is 10.2. The maximum absolute atomic E-state index is 11.0. The average molecular weight is 224 g/mol. The van der Waals surface area contributed by atoms with Crippen LogP contribution in [0.4, 0.5) is 0 Å². The maximum Gasteiger partial charge on any atom is 0.186 e. The van der Waals surface area contributed by atoms with Crippen LogP contribution in [0.15, 0.2) is 24.3 Å². The predicted molar refractivity (Wildman–Crippen MR) is 59.3 cm³/mol. The molecule has 1 atom stereocenters. The molecule has 0 saturated carbocycles. The Balaban J connectivity index is 2.34. The van der Waals surface area contributed by atoms with E-state index in [1.807, 2.05) is 24.3 Å². The van der Waals surface area contributed by atoms with E-state index >= 15 is 0 Å². The monoisotopic (exact) mass is 224 g/mol. The van der Waals surface area contributed by atoms with Crippen molar-refractivity contribution in [1.82, 2.24) is 0 Å². The fourth-order valence-electron chi connectivity index (χ4n) is 1.11.